The molecule has 2 aromatic heterocycles. The summed E-state index contributed by atoms with van der Waals surface area (Å²) in [4.78, 5) is 0. The third kappa shape index (κ3) is 5.00. The third-order valence-electron chi connectivity index (χ3n) is 2.34. The molecule has 0 radical (unpaired) electrons. The lowest BCUT2D eigenvalue weighted by Gasteiger charge is -2.12. The van der Waals surface area contributed by atoms with Crippen LogP contribution in [0.3, 0.4) is 0 Å². The molecule has 0 amide bonds. The third-order valence-corrected chi connectivity index (χ3v) is 3.60. The molecule has 6 heteroatoms. The molecule has 0 N–H and O–H groups in total. The molecule has 2 aromatic rings. The Morgan fingerprint density at radius 2 is 1.40 bits per heavy atom. The Hall–Kier alpha value is -1.30. The molecule has 0 aliphatic carbocycles. The predicted molar refractivity (Wildman–Crippen MR) is 81.1 cm³/mol. The zero-order valence-electron chi connectivity index (χ0n) is 13.6. The number of aryl methyl sites for hydroxylation is 2. The average molecular weight is 296 g/mol. The minimum atomic E-state index is -0.0265. The molecule has 2 rings (SSSR count). The van der Waals surface area contributed by atoms with Crippen LogP contribution < -0.4 is 0 Å². The monoisotopic (exact) mass is 296 g/mol. The van der Waals surface area contributed by atoms with Gasteiger partial charge >= 0.3 is 0 Å². The van der Waals surface area contributed by atoms with Crippen LogP contribution in [0.15, 0.2) is 4.42 Å². The highest BCUT2D eigenvalue weighted by atomic mass is 32.1. The van der Waals surface area contributed by atoms with Crippen LogP contribution in [0.5, 0.6) is 0 Å². The molecule has 0 atom stereocenters. The molecule has 112 valence electrons. The van der Waals surface area contributed by atoms with Crippen LogP contribution >= 0.6 is 11.3 Å². The zero-order chi connectivity index (χ0) is 15.6. The molecule has 0 aliphatic rings. The number of aromatic nitrogens is 4. The lowest BCUT2D eigenvalue weighted by Crippen LogP contribution is -2.11. The lowest BCUT2D eigenvalue weighted by atomic mass is 9.97. The Balaban J connectivity index is 0.000000200. The Morgan fingerprint density at radius 3 is 1.60 bits per heavy atom. The molecule has 0 aliphatic heterocycles. The summed E-state index contributed by atoms with van der Waals surface area (Å²) in [6.45, 7) is 16.3. The Labute approximate surface area is 124 Å². The summed E-state index contributed by atoms with van der Waals surface area (Å²) in [7, 11) is 0. The highest BCUT2D eigenvalue weighted by Crippen LogP contribution is 2.24. The van der Waals surface area contributed by atoms with Crippen molar-refractivity contribution in [1.82, 2.24) is 20.4 Å². The van der Waals surface area contributed by atoms with Crippen LogP contribution in [-0.2, 0) is 10.8 Å². The van der Waals surface area contributed by atoms with Gasteiger partial charge < -0.3 is 4.42 Å². The van der Waals surface area contributed by atoms with E-state index in [9.17, 15) is 0 Å². The van der Waals surface area contributed by atoms with E-state index in [2.05, 4.69) is 41.2 Å². The second kappa shape index (κ2) is 5.99. The maximum absolute atomic E-state index is 5.23. The first-order valence-corrected chi connectivity index (χ1v) is 7.43. The van der Waals surface area contributed by atoms with Gasteiger partial charge in [-0.25, -0.2) is 0 Å². The van der Waals surface area contributed by atoms with Gasteiger partial charge in [0.15, 0.2) is 0 Å². The van der Waals surface area contributed by atoms with Crippen molar-refractivity contribution in [2.75, 3.05) is 0 Å². The fraction of sp³-hybridized carbons (Fsp3) is 0.714. The van der Waals surface area contributed by atoms with E-state index in [0.717, 1.165) is 10.0 Å². The first-order valence-electron chi connectivity index (χ1n) is 6.61. The Bertz CT molecular complexity index is 496. The summed E-state index contributed by atoms with van der Waals surface area (Å²) >= 11 is 1.67. The van der Waals surface area contributed by atoms with Crippen LogP contribution in [0, 0.1) is 13.8 Å². The zero-order valence-corrected chi connectivity index (χ0v) is 14.4. The molecule has 0 aromatic carbocycles. The quantitative estimate of drug-likeness (QED) is 0.739. The van der Waals surface area contributed by atoms with E-state index in [1.54, 1.807) is 18.3 Å². The second-order valence-electron chi connectivity index (χ2n) is 6.75. The first-order chi connectivity index (χ1) is 9.00. The number of hydrogen-bond acceptors (Lipinski definition) is 6. The summed E-state index contributed by atoms with van der Waals surface area (Å²) in [5.41, 5.74) is 0.132. The van der Waals surface area contributed by atoms with E-state index < -0.39 is 0 Å². The largest absolute Gasteiger partial charge is 0.425 e. The Kier molecular flexibility index (Phi) is 5.02. The molecule has 20 heavy (non-hydrogen) atoms. The minimum absolute atomic E-state index is 0.0265. The summed E-state index contributed by atoms with van der Waals surface area (Å²) in [5, 5.41) is 17.8. The number of nitrogens with zero attached hydrogens (tertiary/aromatic N) is 4. The molecule has 0 unspecified atom stereocenters. The standard InChI is InChI=1S/C7H12N2O.C7H12N2S/c2*1-5-8-9-6(10-5)7(2,3)4/h2*1-4H3. The van der Waals surface area contributed by atoms with Gasteiger partial charge in [0.25, 0.3) is 0 Å². The van der Waals surface area contributed by atoms with Crippen molar-refractivity contribution < 1.29 is 4.42 Å². The molecular weight excluding hydrogens is 272 g/mol. The fourth-order valence-electron chi connectivity index (χ4n) is 1.20. The highest BCUT2D eigenvalue weighted by Gasteiger charge is 2.20. The summed E-state index contributed by atoms with van der Waals surface area (Å²) in [5.74, 6) is 1.33. The topological polar surface area (TPSA) is 64.7 Å². The lowest BCUT2D eigenvalue weighted by molar-refractivity contribution is 0.380. The van der Waals surface area contributed by atoms with Crippen LogP contribution in [0.1, 0.15) is 63.3 Å². The highest BCUT2D eigenvalue weighted by molar-refractivity contribution is 7.11. The van der Waals surface area contributed by atoms with Crippen LogP contribution in [0.25, 0.3) is 0 Å². The predicted octanol–water partition coefficient (Wildman–Crippen LogP) is 3.82. The van der Waals surface area contributed by atoms with Crippen molar-refractivity contribution in [1.29, 1.82) is 0 Å². The summed E-state index contributed by atoms with van der Waals surface area (Å²) in [6, 6.07) is 0. The van der Waals surface area contributed by atoms with E-state index in [1.165, 1.54) is 0 Å². The van der Waals surface area contributed by atoms with Crippen LogP contribution in [0.4, 0.5) is 0 Å². The van der Waals surface area contributed by atoms with E-state index in [0.29, 0.717) is 11.8 Å². The first kappa shape index (κ1) is 16.8. The minimum Gasteiger partial charge on any atom is -0.425 e. The molecule has 0 fully saturated rings. The maximum Gasteiger partial charge on any atom is 0.221 e. The van der Waals surface area contributed by atoms with Gasteiger partial charge in [-0.3, -0.25) is 0 Å². The van der Waals surface area contributed by atoms with Gasteiger partial charge in [0.05, 0.1) is 0 Å². The van der Waals surface area contributed by atoms with Crippen molar-refractivity contribution in [3.63, 3.8) is 0 Å². The van der Waals surface area contributed by atoms with Crippen LogP contribution in [0.2, 0.25) is 0 Å². The SMILES string of the molecule is Cc1nnc(C(C)(C)C)o1.Cc1nnc(C(C)(C)C)s1. The molecule has 0 saturated heterocycles. The van der Waals surface area contributed by atoms with Crippen molar-refractivity contribution in [3.8, 4) is 0 Å². The van der Waals surface area contributed by atoms with Crippen molar-refractivity contribution in [2.45, 2.75) is 66.2 Å². The molecule has 5 nitrogen and oxygen atoms in total. The van der Waals surface area contributed by atoms with Crippen molar-refractivity contribution in [3.05, 3.63) is 21.8 Å². The van der Waals surface area contributed by atoms with Gasteiger partial charge in [0.1, 0.15) is 10.0 Å². The fourth-order valence-corrected chi connectivity index (χ4v) is 1.95. The van der Waals surface area contributed by atoms with Gasteiger partial charge in [-0.05, 0) is 6.92 Å². The molecule has 0 spiro atoms. The molecule has 0 bridgehead atoms. The summed E-state index contributed by atoms with van der Waals surface area (Å²) in [6.07, 6.45) is 0. The normalized spacial score (nSPS) is 12.0. The van der Waals surface area contributed by atoms with E-state index in [-0.39, 0.29) is 10.8 Å². The average Bonchev–Trinajstić information content (AvgIpc) is 2.85. The maximum atomic E-state index is 5.23. The Morgan fingerprint density at radius 1 is 0.800 bits per heavy atom. The van der Waals surface area contributed by atoms with E-state index in [4.69, 9.17) is 4.42 Å². The number of rotatable bonds is 0. The van der Waals surface area contributed by atoms with Gasteiger partial charge in [-0.1, -0.05) is 41.5 Å². The summed E-state index contributed by atoms with van der Waals surface area (Å²) < 4.78 is 5.23. The van der Waals surface area contributed by atoms with Gasteiger partial charge in [0.2, 0.25) is 11.8 Å². The van der Waals surface area contributed by atoms with Crippen molar-refractivity contribution in [2.24, 2.45) is 0 Å². The smallest absolute Gasteiger partial charge is 0.221 e. The number of hydrogen-bond donors (Lipinski definition) is 0. The second-order valence-corrected chi connectivity index (χ2v) is 7.93. The van der Waals surface area contributed by atoms with Gasteiger partial charge in [-0.2, -0.15) is 0 Å². The van der Waals surface area contributed by atoms with Gasteiger partial charge in [0, 0.05) is 17.8 Å². The van der Waals surface area contributed by atoms with E-state index >= 15 is 0 Å². The molecular formula is C14H24N4OS. The van der Waals surface area contributed by atoms with Gasteiger partial charge in [-0.15, -0.1) is 31.7 Å². The molecule has 0 saturated carbocycles. The van der Waals surface area contributed by atoms with E-state index in [1.807, 2.05) is 27.7 Å². The van der Waals surface area contributed by atoms with Crippen LogP contribution in [-0.4, -0.2) is 20.4 Å². The molecule has 2 heterocycles. The van der Waals surface area contributed by atoms with Crippen molar-refractivity contribution >= 4 is 11.3 Å².